The first-order valence-corrected chi connectivity index (χ1v) is 7.81. The van der Waals surface area contributed by atoms with Gasteiger partial charge in [-0.1, -0.05) is 0 Å². The Morgan fingerprint density at radius 2 is 1.79 bits per heavy atom. The molecule has 3 aliphatic heterocycles. The van der Waals surface area contributed by atoms with Crippen molar-refractivity contribution >= 4 is 23.8 Å². The van der Waals surface area contributed by atoms with Crippen LogP contribution in [0.5, 0.6) is 0 Å². The number of hydrogen-bond donors (Lipinski definition) is 2. The van der Waals surface area contributed by atoms with Gasteiger partial charge in [-0.25, -0.2) is 9.59 Å². The summed E-state index contributed by atoms with van der Waals surface area (Å²) in [4.78, 5) is 27.0. The number of piperidine rings is 1. The summed E-state index contributed by atoms with van der Waals surface area (Å²) in [5.41, 5.74) is 0. The molecular formula is C12H18N2O4S. The van der Waals surface area contributed by atoms with Gasteiger partial charge in [-0.2, -0.15) is 0 Å². The minimum atomic E-state index is -0.928. The number of carbonyl (C=O) groups is 2. The van der Waals surface area contributed by atoms with E-state index in [1.807, 2.05) is 4.90 Å². The van der Waals surface area contributed by atoms with Gasteiger partial charge in [-0.3, -0.25) is 0 Å². The van der Waals surface area contributed by atoms with Crippen molar-refractivity contribution in [1.82, 2.24) is 9.80 Å². The van der Waals surface area contributed by atoms with E-state index in [-0.39, 0.29) is 24.2 Å². The average Bonchev–Trinajstić information content (AvgIpc) is 2.92. The van der Waals surface area contributed by atoms with Crippen molar-refractivity contribution in [2.75, 3.05) is 11.6 Å². The lowest BCUT2D eigenvalue weighted by Gasteiger charge is -2.39. The molecule has 2 N–H and O–H groups in total. The molecule has 19 heavy (non-hydrogen) atoms. The maximum absolute atomic E-state index is 12.6. The summed E-state index contributed by atoms with van der Waals surface area (Å²) < 4.78 is 0. The molecular weight excluding hydrogens is 268 g/mol. The van der Waals surface area contributed by atoms with E-state index < -0.39 is 12.0 Å². The van der Waals surface area contributed by atoms with E-state index in [1.165, 1.54) is 16.7 Å². The van der Waals surface area contributed by atoms with Crippen LogP contribution in [0.4, 0.5) is 4.79 Å². The number of aliphatic hydroxyl groups excluding tert-OH is 1. The molecule has 0 aromatic heterocycles. The third-order valence-corrected chi connectivity index (χ3v) is 5.35. The number of amides is 2. The molecule has 0 aliphatic carbocycles. The first kappa shape index (κ1) is 13.1. The smallest absolute Gasteiger partial charge is 0.327 e. The summed E-state index contributed by atoms with van der Waals surface area (Å²) in [6, 6.07) is -0.692. The van der Waals surface area contributed by atoms with Crippen LogP contribution in [0.15, 0.2) is 0 Å². The molecule has 0 spiro atoms. The van der Waals surface area contributed by atoms with Gasteiger partial charge in [0.25, 0.3) is 0 Å². The predicted molar refractivity (Wildman–Crippen MR) is 69.9 cm³/mol. The zero-order chi connectivity index (χ0) is 13.6. The Morgan fingerprint density at radius 1 is 1.16 bits per heavy atom. The third-order valence-electron chi connectivity index (χ3n) is 4.34. The molecule has 3 aliphatic rings. The number of carboxylic acids is 1. The molecule has 0 aromatic carbocycles. The summed E-state index contributed by atoms with van der Waals surface area (Å²) in [5.74, 6) is -0.0102. The Morgan fingerprint density at radius 3 is 2.37 bits per heavy atom. The first-order valence-electron chi connectivity index (χ1n) is 6.65. The van der Waals surface area contributed by atoms with Crippen molar-refractivity contribution in [2.45, 2.75) is 49.9 Å². The molecule has 6 nitrogen and oxygen atoms in total. The number of carboxylic acid groups (broad SMARTS) is 1. The lowest BCUT2D eigenvalue weighted by atomic mass is 10.0. The van der Waals surface area contributed by atoms with Crippen molar-refractivity contribution in [1.29, 1.82) is 0 Å². The van der Waals surface area contributed by atoms with Gasteiger partial charge in [0.05, 0.1) is 12.0 Å². The maximum atomic E-state index is 12.6. The largest absolute Gasteiger partial charge is 0.480 e. The standard InChI is InChI=1S/C12H18N2O4S/c15-9-3-7-1-2-8(4-9)14(7)12(18)13-6-19-5-10(13)11(16)17/h7-10,15H,1-6H2,(H,16,17). The van der Waals surface area contributed by atoms with Gasteiger partial charge in [0.2, 0.25) is 0 Å². The zero-order valence-electron chi connectivity index (χ0n) is 10.6. The summed E-state index contributed by atoms with van der Waals surface area (Å²) >= 11 is 1.48. The number of carbonyl (C=O) groups excluding carboxylic acids is 1. The van der Waals surface area contributed by atoms with Gasteiger partial charge in [0.1, 0.15) is 6.04 Å². The van der Waals surface area contributed by atoms with E-state index in [2.05, 4.69) is 0 Å². The molecule has 3 heterocycles. The van der Waals surface area contributed by atoms with Crippen LogP contribution < -0.4 is 0 Å². The molecule has 2 bridgehead atoms. The fourth-order valence-corrected chi connectivity index (χ4v) is 4.58. The number of nitrogens with zero attached hydrogens (tertiary/aromatic N) is 2. The number of urea groups is 1. The van der Waals surface area contributed by atoms with Crippen LogP contribution in [0.1, 0.15) is 25.7 Å². The minimum absolute atomic E-state index is 0.0845. The topological polar surface area (TPSA) is 81.1 Å². The Labute approximate surface area is 115 Å². The molecule has 7 heteroatoms. The summed E-state index contributed by atoms with van der Waals surface area (Å²) in [6.07, 6.45) is 2.78. The molecule has 106 valence electrons. The van der Waals surface area contributed by atoms with Crippen LogP contribution in [0.2, 0.25) is 0 Å². The monoisotopic (exact) mass is 286 g/mol. The van der Waals surface area contributed by atoms with Gasteiger partial charge in [-0.15, -0.1) is 11.8 Å². The molecule has 0 aromatic rings. The normalized spacial score (nSPS) is 37.7. The molecule has 3 fully saturated rings. The highest BCUT2D eigenvalue weighted by atomic mass is 32.2. The van der Waals surface area contributed by atoms with Crippen LogP contribution in [0.3, 0.4) is 0 Å². The van der Waals surface area contributed by atoms with Gasteiger partial charge >= 0.3 is 12.0 Å². The van der Waals surface area contributed by atoms with Gasteiger partial charge in [0, 0.05) is 17.8 Å². The van der Waals surface area contributed by atoms with Crippen molar-refractivity contribution in [3.63, 3.8) is 0 Å². The second-order valence-corrected chi connectivity index (χ2v) is 6.52. The van der Waals surface area contributed by atoms with E-state index in [0.717, 1.165) is 12.8 Å². The Balaban J connectivity index is 1.76. The van der Waals surface area contributed by atoms with Crippen molar-refractivity contribution in [3.05, 3.63) is 0 Å². The van der Waals surface area contributed by atoms with Crippen LogP contribution in [0.25, 0.3) is 0 Å². The van der Waals surface area contributed by atoms with Crippen LogP contribution in [-0.2, 0) is 4.79 Å². The number of aliphatic hydroxyl groups is 1. The third kappa shape index (κ3) is 2.18. The fourth-order valence-electron chi connectivity index (χ4n) is 3.44. The first-order chi connectivity index (χ1) is 9.08. The second kappa shape index (κ2) is 4.86. The van der Waals surface area contributed by atoms with E-state index in [9.17, 15) is 14.7 Å². The van der Waals surface area contributed by atoms with Gasteiger partial charge in [-0.05, 0) is 25.7 Å². The quantitative estimate of drug-likeness (QED) is 0.736. The molecule has 0 saturated carbocycles. The Kier molecular flexibility index (Phi) is 3.34. The van der Waals surface area contributed by atoms with E-state index in [0.29, 0.717) is 24.5 Å². The molecule has 0 radical (unpaired) electrons. The van der Waals surface area contributed by atoms with E-state index in [1.54, 1.807) is 0 Å². The molecule has 2 amide bonds. The Bertz CT molecular complexity index is 391. The van der Waals surface area contributed by atoms with Crippen molar-refractivity contribution < 1.29 is 19.8 Å². The van der Waals surface area contributed by atoms with E-state index in [4.69, 9.17) is 5.11 Å². The highest BCUT2D eigenvalue weighted by Crippen LogP contribution is 2.37. The number of thioether (sulfide) groups is 1. The minimum Gasteiger partial charge on any atom is -0.480 e. The maximum Gasteiger partial charge on any atom is 0.327 e. The average molecular weight is 286 g/mol. The van der Waals surface area contributed by atoms with Crippen molar-refractivity contribution in [2.24, 2.45) is 0 Å². The predicted octanol–water partition coefficient (Wildman–Crippen LogP) is 0.554. The highest BCUT2D eigenvalue weighted by molar-refractivity contribution is 7.99. The highest BCUT2D eigenvalue weighted by Gasteiger charge is 2.46. The molecule has 3 atom stereocenters. The Hall–Kier alpha value is -0.950. The van der Waals surface area contributed by atoms with Gasteiger partial charge in [0.15, 0.2) is 0 Å². The van der Waals surface area contributed by atoms with E-state index >= 15 is 0 Å². The number of rotatable bonds is 1. The molecule has 3 rings (SSSR count). The van der Waals surface area contributed by atoms with Crippen LogP contribution in [-0.4, -0.2) is 67.9 Å². The second-order valence-electron chi connectivity index (χ2n) is 5.52. The number of aliphatic carboxylic acids is 1. The zero-order valence-corrected chi connectivity index (χ0v) is 11.4. The number of fused-ring (bicyclic) bond motifs is 2. The lowest BCUT2D eigenvalue weighted by Crippen LogP contribution is -2.55. The lowest BCUT2D eigenvalue weighted by molar-refractivity contribution is -0.141. The van der Waals surface area contributed by atoms with Crippen molar-refractivity contribution in [3.8, 4) is 0 Å². The molecule has 3 saturated heterocycles. The van der Waals surface area contributed by atoms with Crippen LogP contribution >= 0.6 is 11.8 Å². The number of hydrogen-bond acceptors (Lipinski definition) is 4. The molecule has 3 unspecified atom stereocenters. The summed E-state index contributed by atoms with van der Waals surface area (Å²) in [6.45, 7) is 0. The van der Waals surface area contributed by atoms with Crippen LogP contribution in [0, 0.1) is 0 Å². The summed E-state index contributed by atoms with van der Waals surface area (Å²) in [5, 5.41) is 18.9. The SMILES string of the molecule is O=C(O)C1CSCN1C(=O)N1C2CCC1CC(O)C2. The fraction of sp³-hybridized carbons (Fsp3) is 0.833. The summed E-state index contributed by atoms with van der Waals surface area (Å²) in [7, 11) is 0. The van der Waals surface area contributed by atoms with Gasteiger partial charge < -0.3 is 20.0 Å².